The second-order valence-electron chi connectivity index (χ2n) is 4.76. The van der Waals surface area contributed by atoms with E-state index >= 15 is 0 Å². The zero-order valence-electron chi connectivity index (χ0n) is 11.7. The van der Waals surface area contributed by atoms with Gasteiger partial charge < -0.3 is 4.18 Å². The van der Waals surface area contributed by atoms with Gasteiger partial charge in [-0.1, -0.05) is 42.5 Å². The molecule has 0 saturated carbocycles. The molecule has 0 heterocycles. The molecule has 8 heteroatoms. The number of hydrogen-bond acceptors (Lipinski definition) is 4. The van der Waals surface area contributed by atoms with E-state index < -0.39 is 21.4 Å². The Bertz CT molecular complexity index is 742. The summed E-state index contributed by atoms with van der Waals surface area (Å²) >= 11 is 4.46. The molecule has 0 fully saturated rings. The van der Waals surface area contributed by atoms with E-state index in [0.717, 1.165) is 11.1 Å². The molecule has 23 heavy (non-hydrogen) atoms. The number of alkyl halides is 3. The molecule has 0 saturated heterocycles. The van der Waals surface area contributed by atoms with Crippen molar-refractivity contribution in [3.63, 3.8) is 0 Å². The van der Waals surface area contributed by atoms with Crippen molar-refractivity contribution in [2.75, 3.05) is 0 Å². The molecular weight excluding hydrogens is 349 g/mol. The molecule has 1 atom stereocenters. The quantitative estimate of drug-likeness (QED) is 0.494. The van der Waals surface area contributed by atoms with Crippen molar-refractivity contribution in [1.82, 2.24) is 0 Å². The second kappa shape index (κ2) is 6.84. The van der Waals surface area contributed by atoms with E-state index in [9.17, 15) is 21.6 Å². The van der Waals surface area contributed by atoms with E-state index in [4.69, 9.17) is 0 Å². The fourth-order valence-electron chi connectivity index (χ4n) is 1.87. The van der Waals surface area contributed by atoms with Gasteiger partial charge in [-0.2, -0.15) is 34.2 Å². The van der Waals surface area contributed by atoms with Gasteiger partial charge in [-0.25, -0.2) is 0 Å². The van der Waals surface area contributed by atoms with Gasteiger partial charge in [0.1, 0.15) is 5.75 Å². The topological polar surface area (TPSA) is 43.4 Å². The molecule has 0 aliphatic rings. The van der Waals surface area contributed by atoms with E-state index in [2.05, 4.69) is 16.8 Å². The molecule has 0 spiro atoms. The van der Waals surface area contributed by atoms with Gasteiger partial charge in [-0.3, -0.25) is 0 Å². The predicted molar refractivity (Wildman–Crippen MR) is 83.9 cm³/mol. The predicted octanol–water partition coefficient (Wildman–Crippen LogP) is 4.13. The first-order chi connectivity index (χ1) is 10.7. The van der Waals surface area contributed by atoms with Crippen molar-refractivity contribution in [2.45, 2.75) is 17.2 Å². The van der Waals surface area contributed by atoms with Gasteiger partial charge in [-0.05, 0) is 29.7 Å². The van der Waals surface area contributed by atoms with Gasteiger partial charge >= 0.3 is 15.6 Å². The number of hydrogen-bond donors (Lipinski definition) is 1. The van der Waals surface area contributed by atoms with Gasteiger partial charge in [0.05, 0.1) is 0 Å². The van der Waals surface area contributed by atoms with Gasteiger partial charge in [0, 0.05) is 5.25 Å². The van der Waals surface area contributed by atoms with Crippen molar-refractivity contribution in [3.05, 3.63) is 65.7 Å². The molecule has 2 aromatic carbocycles. The zero-order valence-corrected chi connectivity index (χ0v) is 13.4. The molecule has 0 N–H and O–H groups in total. The summed E-state index contributed by atoms with van der Waals surface area (Å²) in [5.41, 5.74) is -3.65. The summed E-state index contributed by atoms with van der Waals surface area (Å²) < 4.78 is 62.6. The molecule has 0 bridgehead atoms. The highest BCUT2D eigenvalue weighted by molar-refractivity contribution is 7.88. The van der Waals surface area contributed by atoms with Gasteiger partial charge in [0.2, 0.25) is 0 Å². The summed E-state index contributed by atoms with van der Waals surface area (Å²) in [6.07, 6.45) is 0.630. The smallest absolute Gasteiger partial charge is 0.376 e. The molecule has 3 nitrogen and oxygen atoms in total. The lowest BCUT2D eigenvalue weighted by Gasteiger charge is -2.13. The number of benzene rings is 2. The van der Waals surface area contributed by atoms with E-state index in [0.29, 0.717) is 6.42 Å². The molecule has 0 aliphatic heterocycles. The molecule has 124 valence electrons. The highest BCUT2D eigenvalue weighted by Crippen LogP contribution is 2.29. The van der Waals surface area contributed by atoms with E-state index in [1.54, 1.807) is 0 Å². The lowest BCUT2D eigenvalue weighted by Crippen LogP contribution is -2.28. The third-order valence-electron chi connectivity index (χ3n) is 3.03. The molecule has 0 aliphatic carbocycles. The fourth-order valence-corrected chi connectivity index (χ4v) is 2.72. The van der Waals surface area contributed by atoms with Crippen LogP contribution in [-0.2, 0) is 16.5 Å². The summed E-state index contributed by atoms with van der Waals surface area (Å²) in [4.78, 5) is 0. The first kappa shape index (κ1) is 17.7. The first-order valence-electron chi connectivity index (χ1n) is 6.52. The van der Waals surface area contributed by atoms with Crippen LogP contribution in [0.5, 0.6) is 5.75 Å². The monoisotopic (exact) mass is 362 g/mol. The minimum Gasteiger partial charge on any atom is -0.376 e. The molecule has 2 rings (SSSR count). The van der Waals surface area contributed by atoms with Crippen LogP contribution >= 0.6 is 12.6 Å². The summed E-state index contributed by atoms with van der Waals surface area (Å²) in [6, 6.07) is 14.9. The van der Waals surface area contributed by atoms with Crippen LogP contribution in [0.3, 0.4) is 0 Å². The normalized spacial score (nSPS) is 13.6. The number of thiol groups is 1. The summed E-state index contributed by atoms with van der Waals surface area (Å²) in [5, 5.41) is -0.175. The minimum absolute atomic E-state index is 0.175. The average molecular weight is 362 g/mol. The van der Waals surface area contributed by atoms with Crippen molar-refractivity contribution < 1.29 is 25.8 Å². The highest BCUT2D eigenvalue weighted by Gasteiger charge is 2.48. The van der Waals surface area contributed by atoms with Gasteiger partial charge in [0.15, 0.2) is 0 Å². The Morgan fingerprint density at radius 2 is 1.57 bits per heavy atom. The first-order valence-corrected chi connectivity index (χ1v) is 8.44. The largest absolute Gasteiger partial charge is 0.534 e. The van der Waals surface area contributed by atoms with Crippen molar-refractivity contribution >= 4 is 22.7 Å². The van der Waals surface area contributed by atoms with Crippen LogP contribution in [0.15, 0.2) is 54.6 Å². The second-order valence-corrected chi connectivity index (χ2v) is 6.92. The maximum atomic E-state index is 12.2. The van der Waals surface area contributed by atoms with Crippen LogP contribution in [0.4, 0.5) is 13.2 Å². The van der Waals surface area contributed by atoms with Crippen molar-refractivity contribution in [2.24, 2.45) is 0 Å². The highest BCUT2D eigenvalue weighted by atomic mass is 32.2. The SMILES string of the molecule is O=S(=O)(Oc1ccc(C(S)Cc2ccccc2)cc1)C(F)(F)F. The maximum absolute atomic E-state index is 12.2. The average Bonchev–Trinajstić information content (AvgIpc) is 2.47. The number of halogens is 3. The van der Waals surface area contributed by atoms with E-state index in [1.165, 1.54) is 24.3 Å². The summed E-state index contributed by atoms with van der Waals surface area (Å²) in [6.45, 7) is 0. The zero-order chi connectivity index (χ0) is 17.1. The van der Waals surface area contributed by atoms with Crippen LogP contribution in [0, 0.1) is 0 Å². The Kier molecular flexibility index (Phi) is 5.26. The van der Waals surface area contributed by atoms with Crippen LogP contribution in [-0.4, -0.2) is 13.9 Å². The Morgan fingerprint density at radius 3 is 2.09 bits per heavy atom. The van der Waals surface area contributed by atoms with Crippen LogP contribution < -0.4 is 4.18 Å². The third-order valence-corrected chi connectivity index (χ3v) is 4.49. The summed E-state index contributed by atoms with van der Waals surface area (Å²) in [7, 11) is -5.65. The van der Waals surface area contributed by atoms with Gasteiger partial charge in [-0.15, -0.1) is 0 Å². The Balaban J connectivity index is 2.08. The molecule has 0 aromatic heterocycles. The Labute approximate surface area is 137 Å². The molecular formula is C15H13F3O3S2. The van der Waals surface area contributed by atoms with Crippen LogP contribution in [0.2, 0.25) is 0 Å². The molecule has 0 radical (unpaired) electrons. The lowest BCUT2D eigenvalue weighted by molar-refractivity contribution is -0.0500. The van der Waals surface area contributed by atoms with Crippen molar-refractivity contribution in [1.29, 1.82) is 0 Å². The van der Waals surface area contributed by atoms with E-state index in [1.807, 2.05) is 30.3 Å². The minimum atomic E-state index is -5.65. The van der Waals surface area contributed by atoms with Gasteiger partial charge in [0.25, 0.3) is 0 Å². The molecule has 0 amide bonds. The fraction of sp³-hybridized carbons (Fsp3) is 0.200. The van der Waals surface area contributed by atoms with Crippen molar-refractivity contribution in [3.8, 4) is 5.75 Å². The lowest BCUT2D eigenvalue weighted by atomic mass is 10.0. The summed E-state index contributed by atoms with van der Waals surface area (Å²) in [5.74, 6) is -0.397. The number of rotatable bonds is 5. The van der Waals surface area contributed by atoms with Crippen LogP contribution in [0.25, 0.3) is 0 Å². The molecule has 1 unspecified atom stereocenters. The standard InChI is InChI=1S/C15H13F3O3S2/c16-15(17,18)23(19,20)21-13-8-6-12(7-9-13)14(22)10-11-4-2-1-3-5-11/h1-9,14,22H,10H2. The Morgan fingerprint density at radius 1 is 1.00 bits per heavy atom. The third kappa shape index (κ3) is 4.65. The molecule has 2 aromatic rings. The van der Waals surface area contributed by atoms with E-state index in [-0.39, 0.29) is 5.25 Å². The maximum Gasteiger partial charge on any atom is 0.534 e. The van der Waals surface area contributed by atoms with Crippen LogP contribution in [0.1, 0.15) is 16.4 Å². The Hall–Kier alpha value is -1.67.